The third kappa shape index (κ3) is 5.24. The lowest BCUT2D eigenvalue weighted by Gasteiger charge is -2.18. The molecule has 2 aromatic carbocycles. The van der Waals surface area contributed by atoms with Gasteiger partial charge in [-0.2, -0.15) is 9.49 Å². The Balaban J connectivity index is 2.07. The van der Waals surface area contributed by atoms with Gasteiger partial charge in [0.15, 0.2) is 0 Å². The molecule has 0 saturated carbocycles. The first-order valence-electron chi connectivity index (χ1n) is 10.8. The van der Waals surface area contributed by atoms with Crippen LogP contribution in [0.25, 0.3) is 22.2 Å². The van der Waals surface area contributed by atoms with Crippen molar-refractivity contribution in [2.45, 2.75) is 13.1 Å². The smallest absolute Gasteiger partial charge is 0.289 e. The summed E-state index contributed by atoms with van der Waals surface area (Å²) in [5, 5.41) is 6.77. The van der Waals surface area contributed by atoms with Gasteiger partial charge in [0, 0.05) is 23.6 Å². The molecule has 0 fully saturated rings. The van der Waals surface area contributed by atoms with E-state index in [2.05, 4.69) is 37.6 Å². The lowest BCUT2D eigenvalue weighted by molar-refractivity contribution is 0.597. The molecule has 13 heteroatoms. The van der Waals surface area contributed by atoms with Gasteiger partial charge in [-0.05, 0) is 29.8 Å². The number of anilines is 2. The first kappa shape index (κ1) is 26.4. The Morgan fingerprint density at radius 3 is 2.57 bits per heavy atom. The molecular formula is C24H20BrF2N5O4S. The maximum absolute atomic E-state index is 15.4. The van der Waals surface area contributed by atoms with Crippen molar-refractivity contribution < 1.29 is 17.2 Å². The van der Waals surface area contributed by atoms with Crippen molar-refractivity contribution in [2.24, 2.45) is 7.05 Å². The minimum atomic E-state index is -2.83. The molecule has 0 bridgehead atoms. The second kappa shape index (κ2) is 10.7. The van der Waals surface area contributed by atoms with E-state index in [4.69, 9.17) is 0 Å². The highest BCUT2D eigenvalue weighted by Crippen LogP contribution is 2.32. The average Bonchev–Trinajstić information content (AvgIpc) is 2.86. The van der Waals surface area contributed by atoms with Crippen molar-refractivity contribution in [3.63, 3.8) is 0 Å². The van der Waals surface area contributed by atoms with E-state index in [-0.39, 0.29) is 35.4 Å². The summed E-state index contributed by atoms with van der Waals surface area (Å²) < 4.78 is 56.7. The summed E-state index contributed by atoms with van der Waals surface area (Å²) in [6.07, 6.45) is 1.43. The van der Waals surface area contributed by atoms with Gasteiger partial charge in [-0.1, -0.05) is 40.2 Å². The number of thiol groups is 1. The molecule has 2 aromatic heterocycles. The zero-order valence-corrected chi connectivity index (χ0v) is 21.8. The summed E-state index contributed by atoms with van der Waals surface area (Å²) in [5.41, 5.74) is -1.25. The maximum atomic E-state index is 15.4. The molecule has 0 aliphatic rings. The number of nitrogens with one attached hydrogen (secondary N) is 2. The summed E-state index contributed by atoms with van der Waals surface area (Å²) in [5.74, 6) is -2.01. The Morgan fingerprint density at radius 2 is 1.89 bits per heavy atom. The third-order valence-electron chi connectivity index (χ3n) is 5.53. The van der Waals surface area contributed by atoms with Crippen LogP contribution in [0.2, 0.25) is 0 Å². The zero-order chi connectivity index (χ0) is 26.9. The summed E-state index contributed by atoms with van der Waals surface area (Å²) in [6, 6.07) is 10.6. The number of hydrogen-bond donors (Lipinski definition) is 3. The van der Waals surface area contributed by atoms with Gasteiger partial charge in [-0.25, -0.2) is 22.2 Å². The Morgan fingerprint density at radius 1 is 1.14 bits per heavy atom. The monoisotopic (exact) mass is 591 g/mol. The van der Waals surface area contributed by atoms with Crippen molar-refractivity contribution in [3.05, 3.63) is 97.5 Å². The lowest BCUT2D eigenvalue weighted by Crippen LogP contribution is -2.30. The van der Waals surface area contributed by atoms with Gasteiger partial charge in [0.05, 0.1) is 28.8 Å². The molecule has 2 N–H and O–H groups in total. The fraction of sp³-hybridized carbons (Fsp3) is 0.125. The lowest BCUT2D eigenvalue weighted by atomic mass is 10.0. The predicted octanol–water partition coefficient (Wildman–Crippen LogP) is 3.35. The average molecular weight is 592 g/mol. The van der Waals surface area contributed by atoms with Crippen molar-refractivity contribution >= 4 is 49.1 Å². The van der Waals surface area contributed by atoms with Gasteiger partial charge in [0.1, 0.15) is 11.5 Å². The van der Waals surface area contributed by atoms with Crippen LogP contribution in [0.5, 0.6) is 0 Å². The quantitative estimate of drug-likeness (QED) is 0.214. The van der Waals surface area contributed by atoms with E-state index >= 15 is 4.39 Å². The highest BCUT2D eigenvalue weighted by molar-refractivity contribution is 9.10. The van der Waals surface area contributed by atoms with E-state index in [1.165, 1.54) is 25.3 Å². The van der Waals surface area contributed by atoms with Gasteiger partial charge in [-0.15, -0.1) is 6.58 Å². The second-order valence-corrected chi connectivity index (χ2v) is 9.69. The number of pyridine rings is 1. The van der Waals surface area contributed by atoms with E-state index in [1.807, 2.05) is 0 Å². The van der Waals surface area contributed by atoms with Crippen LogP contribution in [0.15, 0.2) is 69.2 Å². The Hall–Kier alpha value is -3.68. The van der Waals surface area contributed by atoms with Crippen LogP contribution < -0.4 is 21.2 Å². The SMILES string of the molecule is C=CCn1nc(-c2cccc(CN[SH](=O)=O)c2)c2c(c(Nc3ccc(Br)cc3F)c(F)c(=O)n2C)c1=O. The summed E-state index contributed by atoms with van der Waals surface area (Å²) in [4.78, 5) is 26.4. The van der Waals surface area contributed by atoms with Gasteiger partial charge < -0.3 is 9.88 Å². The molecule has 0 atom stereocenters. The molecule has 0 radical (unpaired) electrons. The van der Waals surface area contributed by atoms with Crippen LogP contribution in [-0.2, 0) is 31.0 Å². The summed E-state index contributed by atoms with van der Waals surface area (Å²) >= 11 is 3.15. The van der Waals surface area contributed by atoms with Gasteiger partial charge in [-0.3, -0.25) is 9.59 Å². The first-order chi connectivity index (χ1) is 17.6. The molecule has 0 aliphatic carbocycles. The molecule has 0 aliphatic heterocycles. The fourth-order valence-electron chi connectivity index (χ4n) is 3.85. The van der Waals surface area contributed by atoms with E-state index in [1.54, 1.807) is 24.3 Å². The molecular weight excluding hydrogens is 572 g/mol. The van der Waals surface area contributed by atoms with Crippen LogP contribution in [0, 0.1) is 11.6 Å². The number of nitrogens with zero attached hydrogens (tertiary/aromatic N) is 3. The molecule has 37 heavy (non-hydrogen) atoms. The van der Waals surface area contributed by atoms with E-state index in [0.717, 1.165) is 15.3 Å². The van der Waals surface area contributed by atoms with Gasteiger partial charge in [0.25, 0.3) is 11.1 Å². The van der Waals surface area contributed by atoms with Crippen molar-refractivity contribution in [1.29, 1.82) is 0 Å². The largest absolute Gasteiger partial charge is 0.350 e. The first-order valence-corrected chi connectivity index (χ1v) is 12.7. The number of fused-ring (bicyclic) bond motifs is 1. The highest BCUT2D eigenvalue weighted by Gasteiger charge is 2.24. The van der Waals surface area contributed by atoms with Crippen molar-refractivity contribution in [3.8, 4) is 11.3 Å². The van der Waals surface area contributed by atoms with Crippen LogP contribution in [0.4, 0.5) is 20.2 Å². The number of halogens is 3. The van der Waals surface area contributed by atoms with Crippen LogP contribution in [0.1, 0.15) is 5.56 Å². The second-order valence-electron chi connectivity index (χ2n) is 7.94. The molecule has 4 rings (SSSR count). The normalized spacial score (nSPS) is 11.3. The predicted molar refractivity (Wildman–Crippen MR) is 141 cm³/mol. The Bertz CT molecular complexity index is 1740. The summed E-state index contributed by atoms with van der Waals surface area (Å²) in [7, 11) is -1.53. The maximum Gasteiger partial charge on any atom is 0.289 e. The number of rotatable bonds is 8. The van der Waals surface area contributed by atoms with Crippen molar-refractivity contribution in [2.75, 3.05) is 5.32 Å². The van der Waals surface area contributed by atoms with Crippen LogP contribution in [0.3, 0.4) is 0 Å². The number of allylic oxidation sites excluding steroid dienone is 1. The Labute approximate surface area is 219 Å². The van der Waals surface area contributed by atoms with Crippen molar-refractivity contribution in [1.82, 2.24) is 19.1 Å². The number of aromatic nitrogens is 3. The molecule has 9 nitrogen and oxygen atoms in total. The highest BCUT2D eigenvalue weighted by atomic mass is 79.9. The van der Waals surface area contributed by atoms with Crippen LogP contribution in [-0.4, -0.2) is 22.8 Å². The summed E-state index contributed by atoms with van der Waals surface area (Å²) in [6.45, 7) is 3.60. The molecule has 4 aromatic rings. The molecule has 0 spiro atoms. The molecule has 2 heterocycles. The minimum Gasteiger partial charge on any atom is -0.350 e. The molecule has 0 saturated heterocycles. The van der Waals surface area contributed by atoms with E-state index in [9.17, 15) is 22.4 Å². The van der Waals surface area contributed by atoms with E-state index < -0.39 is 39.3 Å². The standard InChI is InChI=1S/C24H20BrF2N5O4S/c1-3-9-32-23(33)18-21(29-17-8-7-15(25)11-16(17)26)19(27)24(34)31(2)22(18)20(30-32)14-6-4-5-13(10-14)12-28-37(35)36/h3-8,10-11,29,37H,1,9,12H2,2H3,(H,28,35,36). The number of aryl methyl sites for hydroxylation is 1. The zero-order valence-electron chi connectivity index (χ0n) is 19.3. The van der Waals surface area contributed by atoms with E-state index in [0.29, 0.717) is 15.6 Å². The third-order valence-corrected chi connectivity index (χ3v) is 6.44. The molecule has 0 amide bonds. The Kier molecular flexibility index (Phi) is 7.66. The number of benzene rings is 2. The van der Waals surface area contributed by atoms with Crippen LogP contribution >= 0.6 is 15.9 Å². The molecule has 0 unspecified atom stereocenters. The topological polar surface area (TPSA) is 115 Å². The van der Waals surface area contributed by atoms with Gasteiger partial charge >= 0.3 is 0 Å². The van der Waals surface area contributed by atoms with Gasteiger partial charge in [0.2, 0.25) is 16.7 Å². The minimum absolute atomic E-state index is 0.0000188. The molecule has 192 valence electrons. The fourth-order valence-corrected chi connectivity index (χ4v) is 4.49. The number of hydrogen-bond acceptors (Lipinski definition) is 6.